The van der Waals surface area contributed by atoms with E-state index in [4.69, 9.17) is 9.47 Å². The lowest BCUT2D eigenvalue weighted by atomic mass is 10.0. The van der Waals surface area contributed by atoms with Crippen LogP contribution in [0.1, 0.15) is 37.5 Å². The van der Waals surface area contributed by atoms with Crippen molar-refractivity contribution in [2.24, 2.45) is 5.92 Å². The molecule has 0 spiro atoms. The molecule has 9 nitrogen and oxygen atoms in total. The average Bonchev–Trinajstić information content (AvgIpc) is 3.00. The summed E-state index contributed by atoms with van der Waals surface area (Å²) in [6, 6.07) is 21.2. The second-order valence-electron chi connectivity index (χ2n) is 11.1. The van der Waals surface area contributed by atoms with Gasteiger partial charge in [-0.3, -0.25) is 13.9 Å². The van der Waals surface area contributed by atoms with Gasteiger partial charge in [0.2, 0.25) is 21.8 Å². The highest BCUT2D eigenvalue weighted by atomic mass is 32.2. The standard InChI is InChI=1S/C33H41N3O6S/c1-5-43(39,40)36(28-14-15-30-31(20-28)42-17-16-41-30)23-32(37)35(22-27-13-9-10-25(4)18-27)29(33(38)34-21-24(2)3)19-26-11-7-6-8-12-26/h6-15,18,20,24,29H,5,16-17,19,21-23H2,1-4H3,(H,34,38)/t29-/m0/s1. The number of aryl methyl sites for hydroxylation is 1. The van der Waals surface area contributed by atoms with Crippen LogP contribution in [0.2, 0.25) is 0 Å². The van der Waals surface area contributed by atoms with Crippen molar-refractivity contribution in [3.8, 4) is 11.5 Å². The number of carbonyl (C=O) groups is 2. The Bertz CT molecular complexity index is 1510. The van der Waals surface area contributed by atoms with Crippen LogP contribution in [0.15, 0.2) is 72.8 Å². The lowest BCUT2D eigenvalue weighted by Crippen LogP contribution is -2.54. The van der Waals surface area contributed by atoms with E-state index in [1.807, 2.05) is 75.4 Å². The molecule has 0 bridgehead atoms. The zero-order chi connectivity index (χ0) is 31.0. The van der Waals surface area contributed by atoms with Gasteiger partial charge in [0.15, 0.2) is 11.5 Å². The molecule has 10 heteroatoms. The highest BCUT2D eigenvalue weighted by molar-refractivity contribution is 7.92. The van der Waals surface area contributed by atoms with Crippen molar-refractivity contribution in [3.05, 3.63) is 89.5 Å². The van der Waals surface area contributed by atoms with Crippen LogP contribution in [-0.2, 0) is 32.6 Å². The summed E-state index contributed by atoms with van der Waals surface area (Å²) in [4.78, 5) is 29.6. The Morgan fingerprint density at radius 2 is 1.60 bits per heavy atom. The zero-order valence-corrected chi connectivity index (χ0v) is 26.1. The molecular weight excluding hydrogens is 566 g/mol. The SMILES string of the molecule is CCS(=O)(=O)N(CC(=O)N(Cc1cccc(C)c1)[C@@H](Cc1ccccc1)C(=O)NCC(C)C)c1ccc2c(c1)OCCO2. The maximum Gasteiger partial charge on any atom is 0.244 e. The predicted octanol–water partition coefficient (Wildman–Crippen LogP) is 4.33. The first kappa shape index (κ1) is 31.9. The van der Waals surface area contributed by atoms with Gasteiger partial charge in [-0.2, -0.15) is 0 Å². The molecule has 1 aliphatic rings. The monoisotopic (exact) mass is 607 g/mol. The number of ether oxygens (including phenoxy) is 2. The largest absolute Gasteiger partial charge is 0.486 e. The molecule has 0 unspecified atom stereocenters. The van der Waals surface area contributed by atoms with Crippen LogP contribution in [0.25, 0.3) is 0 Å². The van der Waals surface area contributed by atoms with E-state index < -0.39 is 28.5 Å². The van der Waals surface area contributed by atoms with Gasteiger partial charge in [-0.25, -0.2) is 8.42 Å². The van der Waals surface area contributed by atoms with Gasteiger partial charge in [0.05, 0.1) is 11.4 Å². The fourth-order valence-corrected chi connectivity index (χ4v) is 5.94. The van der Waals surface area contributed by atoms with E-state index in [9.17, 15) is 18.0 Å². The molecule has 3 aromatic rings. The minimum atomic E-state index is -3.89. The maximum absolute atomic E-state index is 14.3. The molecule has 3 aromatic carbocycles. The van der Waals surface area contributed by atoms with Crippen LogP contribution in [0, 0.1) is 12.8 Å². The van der Waals surface area contributed by atoms with Gasteiger partial charge >= 0.3 is 0 Å². The zero-order valence-electron chi connectivity index (χ0n) is 25.3. The van der Waals surface area contributed by atoms with Gasteiger partial charge in [0, 0.05) is 25.6 Å². The number of fused-ring (bicyclic) bond motifs is 1. The molecule has 2 amide bonds. The smallest absolute Gasteiger partial charge is 0.244 e. The number of benzene rings is 3. The number of carbonyl (C=O) groups excluding carboxylic acids is 2. The van der Waals surface area contributed by atoms with Gasteiger partial charge in [-0.05, 0) is 43.0 Å². The maximum atomic E-state index is 14.3. The molecule has 1 heterocycles. The fourth-order valence-electron chi connectivity index (χ4n) is 4.89. The number of hydrogen-bond acceptors (Lipinski definition) is 6. The molecule has 43 heavy (non-hydrogen) atoms. The van der Waals surface area contributed by atoms with Crippen LogP contribution in [-0.4, -0.2) is 63.2 Å². The predicted molar refractivity (Wildman–Crippen MR) is 168 cm³/mol. The first-order valence-electron chi connectivity index (χ1n) is 14.6. The summed E-state index contributed by atoms with van der Waals surface area (Å²) >= 11 is 0. The van der Waals surface area contributed by atoms with Crippen molar-refractivity contribution in [2.45, 2.75) is 46.7 Å². The molecule has 1 atom stereocenters. The number of rotatable bonds is 13. The lowest BCUT2D eigenvalue weighted by molar-refractivity contribution is -0.140. The van der Waals surface area contributed by atoms with E-state index in [0.29, 0.717) is 36.9 Å². The van der Waals surface area contributed by atoms with Crippen molar-refractivity contribution < 1.29 is 27.5 Å². The fraction of sp³-hybridized carbons (Fsp3) is 0.394. The summed E-state index contributed by atoms with van der Waals surface area (Å²) in [7, 11) is -3.89. The second-order valence-corrected chi connectivity index (χ2v) is 13.3. The highest BCUT2D eigenvalue weighted by Gasteiger charge is 2.34. The number of nitrogens with one attached hydrogen (secondary N) is 1. The number of anilines is 1. The summed E-state index contributed by atoms with van der Waals surface area (Å²) in [5.74, 6) is 0.147. The van der Waals surface area contributed by atoms with Crippen molar-refractivity contribution in [1.82, 2.24) is 10.2 Å². The molecule has 0 aliphatic carbocycles. The van der Waals surface area contributed by atoms with E-state index in [-0.39, 0.29) is 30.5 Å². The Labute approximate surface area is 254 Å². The quantitative estimate of drug-likeness (QED) is 0.310. The molecule has 230 valence electrons. The molecule has 0 aromatic heterocycles. The normalized spacial score (nSPS) is 13.3. The van der Waals surface area contributed by atoms with Crippen molar-refractivity contribution in [2.75, 3.05) is 36.4 Å². The average molecular weight is 608 g/mol. The Morgan fingerprint density at radius 3 is 2.28 bits per heavy atom. The Kier molecular flexibility index (Phi) is 10.7. The number of amides is 2. The van der Waals surface area contributed by atoms with Crippen LogP contribution >= 0.6 is 0 Å². The van der Waals surface area contributed by atoms with E-state index in [1.165, 1.54) is 11.8 Å². The summed E-state index contributed by atoms with van der Waals surface area (Å²) in [5, 5.41) is 3.00. The van der Waals surface area contributed by atoms with Gasteiger partial charge < -0.3 is 19.7 Å². The molecular formula is C33H41N3O6S. The van der Waals surface area contributed by atoms with Crippen molar-refractivity contribution >= 4 is 27.5 Å². The van der Waals surface area contributed by atoms with Gasteiger partial charge in [0.25, 0.3) is 0 Å². The Balaban J connectivity index is 1.74. The van der Waals surface area contributed by atoms with Crippen LogP contribution < -0.4 is 19.1 Å². The lowest BCUT2D eigenvalue weighted by Gasteiger charge is -2.34. The summed E-state index contributed by atoms with van der Waals surface area (Å²) in [5.41, 5.74) is 3.03. The third-order valence-electron chi connectivity index (χ3n) is 7.18. The summed E-state index contributed by atoms with van der Waals surface area (Å²) in [6.07, 6.45) is 0.271. The molecule has 1 aliphatic heterocycles. The molecule has 0 saturated carbocycles. The topological polar surface area (TPSA) is 105 Å². The molecule has 0 saturated heterocycles. The Morgan fingerprint density at radius 1 is 0.907 bits per heavy atom. The van der Waals surface area contributed by atoms with E-state index in [2.05, 4.69) is 5.32 Å². The molecule has 0 fully saturated rings. The van der Waals surface area contributed by atoms with Gasteiger partial charge in [-0.1, -0.05) is 74.0 Å². The molecule has 4 rings (SSSR count). The third-order valence-corrected chi connectivity index (χ3v) is 8.93. The summed E-state index contributed by atoms with van der Waals surface area (Å²) < 4.78 is 39.2. The van der Waals surface area contributed by atoms with Crippen molar-refractivity contribution in [3.63, 3.8) is 0 Å². The van der Waals surface area contributed by atoms with Gasteiger partial charge in [-0.15, -0.1) is 0 Å². The molecule has 0 radical (unpaired) electrons. The van der Waals surface area contributed by atoms with Crippen LogP contribution in [0.4, 0.5) is 5.69 Å². The molecule has 1 N–H and O–H groups in total. The first-order valence-corrected chi connectivity index (χ1v) is 16.2. The summed E-state index contributed by atoms with van der Waals surface area (Å²) in [6.45, 7) is 8.34. The van der Waals surface area contributed by atoms with Gasteiger partial charge in [0.1, 0.15) is 25.8 Å². The Hall–Kier alpha value is -4.05. The highest BCUT2D eigenvalue weighted by Crippen LogP contribution is 2.35. The first-order chi connectivity index (χ1) is 20.6. The van der Waals surface area contributed by atoms with Crippen LogP contribution in [0.5, 0.6) is 11.5 Å². The van der Waals surface area contributed by atoms with Crippen LogP contribution in [0.3, 0.4) is 0 Å². The number of hydrogen-bond donors (Lipinski definition) is 1. The minimum Gasteiger partial charge on any atom is -0.486 e. The van der Waals surface area contributed by atoms with E-state index in [1.54, 1.807) is 18.2 Å². The number of nitrogens with zero attached hydrogens (tertiary/aromatic N) is 2. The third kappa shape index (κ3) is 8.50. The van der Waals surface area contributed by atoms with Crippen molar-refractivity contribution in [1.29, 1.82) is 0 Å². The minimum absolute atomic E-state index is 0.133. The van der Waals surface area contributed by atoms with E-state index in [0.717, 1.165) is 21.0 Å². The van der Waals surface area contributed by atoms with E-state index >= 15 is 0 Å². The number of sulfonamides is 1. The second kappa shape index (κ2) is 14.4.